The molecular formula is C16H19FN4O. The average molecular weight is 302 g/mol. The Morgan fingerprint density at radius 2 is 2.09 bits per heavy atom. The Labute approximate surface area is 128 Å². The minimum Gasteiger partial charge on any atom is -0.337 e. The molecule has 1 saturated heterocycles. The zero-order chi connectivity index (χ0) is 15.4. The first kappa shape index (κ1) is 14.6. The van der Waals surface area contributed by atoms with E-state index in [2.05, 4.69) is 14.9 Å². The summed E-state index contributed by atoms with van der Waals surface area (Å²) in [6.07, 6.45) is 7.44. The van der Waals surface area contributed by atoms with Crippen molar-refractivity contribution in [1.29, 1.82) is 0 Å². The largest absolute Gasteiger partial charge is 0.337 e. The van der Waals surface area contributed by atoms with Crippen molar-refractivity contribution >= 4 is 11.7 Å². The van der Waals surface area contributed by atoms with Crippen LogP contribution in [0, 0.1) is 11.7 Å². The molecule has 2 aromatic rings. The Balaban J connectivity index is 1.50. The number of imidazole rings is 1. The van der Waals surface area contributed by atoms with Gasteiger partial charge in [0.2, 0.25) is 0 Å². The molecule has 1 aromatic heterocycles. The predicted octanol–water partition coefficient (Wildman–Crippen LogP) is 2.97. The number of aromatic nitrogens is 2. The summed E-state index contributed by atoms with van der Waals surface area (Å²) in [6, 6.07) is 5.99. The van der Waals surface area contributed by atoms with Crippen LogP contribution in [-0.4, -0.2) is 33.6 Å². The molecule has 1 aliphatic heterocycles. The summed E-state index contributed by atoms with van der Waals surface area (Å²) in [5.41, 5.74) is 0.230. The molecule has 0 radical (unpaired) electrons. The minimum atomic E-state index is -0.411. The lowest BCUT2D eigenvalue weighted by Gasteiger charge is -2.32. The van der Waals surface area contributed by atoms with Crippen molar-refractivity contribution in [3.63, 3.8) is 0 Å². The number of nitrogens with one attached hydrogen (secondary N) is 1. The van der Waals surface area contributed by atoms with E-state index in [4.69, 9.17) is 0 Å². The van der Waals surface area contributed by atoms with Crippen molar-refractivity contribution in [2.75, 3.05) is 18.4 Å². The second-order valence-corrected chi connectivity index (χ2v) is 5.60. The van der Waals surface area contributed by atoms with E-state index < -0.39 is 5.82 Å². The van der Waals surface area contributed by atoms with Crippen LogP contribution in [-0.2, 0) is 6.54 Å². The highest BCUT2D eigenvalue weighted by Gasteiger charge is 2.23. The molecule has 0 aliphatic carbocycles. The SMILES string of the molecule is O=C(Nc1ccccc1F)N1CCC(Cn2ccnc2)CC1. The number of carbonyl (C=O) groups is 1. The van der Waals surface area contributed by atoms with E-state index in [1.807, 2.05) is 12.5 Å². The Hall–Kier alpha value is -2.37. The van der Waals surface area contributed by atoms with Crippen LogP contribution in [0.1, 0.15) is 12.8 Å². The fourth-order valence-corrected chi connectivity index (χ4v) is 2.77. The number of rotatable bonds is 3. The van der Waals surface area contributed by atoms with E-state index in [1.54, 1.807) is 29.3 Å². The van der Waals surface area contributed by atoms with Crippen LogP contribution in [0.15, 0.2) is 43.0 Å². The van der Waals surface area contributed by atoms with E-state index in [9.17, 15) is 9.18 Å². The highest BCUT2D eigenvalue weighted by Crippen LogP contribution is 2.20. The molecule has 2 amide bonds. The van der Waals surface area contributed by atoms with Gasteiger partial charge < -0.3 is 14.8 Å². The summed E-state index contributed by atoms with van der Waals surface area (Å²) in [7, 11) is 0. The number of carbonyl (C=O) groups excluding carboxylic acids is 1. The van der Waals surface area contributed by atoms with Crippen molar-refractivity contribution in [3.05, 3.63) is 48.8 Å². The maximum absolute atomic E-state index is 13.5. The predicted molar refractivity (Wildman–Crippen MR) is 81.9 cm³/mol. The lowest BCUT2D eigenvalue weighted by atomic mass is 9.97. The lowest BCUT2D eigenvalue weighted by Crippen LogP contribution is -2.41. The molecule has 0 bridgehead atoms. The second kappa shape index (κ2) is 6.60. The molecular weight excluding hydrogens is 283 g/mol. The van der Waals surface area contributed by atoms with Gasteiger partial charge in [-0.3, -0.25) is 0 Å². The van der Waals surface area contributed by atoms with E-state index in [1.165, 1.54) is 6.07 Å². The van der Waals surface area contributed by atoms with Crippen LogP contribution in [0.5, 0.6) is 0 Å². The van der Waals surface area contributed by atoms with E-state index in [0.29, 0.717) is 19.0 Å². The molecule has 22 heavy (non-hydrogen) atoms. The van der Waals surface area contributed by atoms with Crippen molar-refractivity contribution in [1.82, 2.24) is 14.5 Å². The summed E-state index contributed by atoms with van der Waals surface area (Å²) in [5, 5.41) is 2.64. The van der Waals surface area contributed by atoms with Gasteiger partial charge >= 0.3 is 6.03 Å². The maximum Gasteiger partial charge on any atom is 0.321 e. The summed E-state index contributed by atoms with van der Waals surface area (Å²) >= 11 is 0. The van der Waals surface area contributed by atoms with Crippen LogP contribution in [0.3, 0.4) is 0 Å². The Morgan fingerprint density at radius 1 is 1.32 bits per heavy atom. The van der Waals surface area contributed by atoms with Gasteiger partial charge in [0, 0.05) is 32.0 Å². The minimum absolute atomic E-state index is 0.230. The third kappa shape index (κ3) is 3.44. The standard InChI is InChI=1S/C16H19FN4O/c17-14-3-1-2-4-15(14)19-16(22)21-8-5-13(6-9-21)11-20-10-7-18-12-20/h1-4,7,10,12-13H,5-6,8-9,11H2,(H,19,22). The zero-order valence-electron chi connectivity index (χ0n) is 12.3. The molecule has 1 fully saturated rings. The number of urea groups is 1. The molecule has 1 aliphatic rings. The van der Waals surface area contributed by atoms with E-state index in [-0.39, 0.29) is 11.7 Å². The highest BCUT2D eigenvalue weighted by molar-refractivity contribution is 5.89. The molecule has 1 aromatic carbocycles. The molecule has 1 N–H and O–H groups in total. The topological polar surface area (TPSA) is 50.2 Å². The molecule has 0 spiro atoms. The van der Waals surface area contributed by atoms with Crippen LogP contribution < -0.4 is 5.32 Å². The first-order chi connectivity index (χ1) is 10.7. The summed E-state index contributed by atoms with van der Waals surface area (Å²) in [5.74, 6) is 0.137. The van der Waals surface area contributed by atoms with Gasteiger partial charge in [0.25, 0.3) is 0 Å². The van der Waals surface area contributed by atoms with Gasteiger partial charge in [-0.15, -0.1) is 0 Å². The normalized spacial score (nSPS) is 15.8. The van der Waals surface area contributed by atoms with Gasteiger partial charge in [0.1, 0.15) is 5.82 Å². The molecule has 116 valence electrons. The maximum atomic E-state index is 13.5. The number of nitrogens with zero attached hydrogens (tertiary/aromatic N) is 3. The van der Waals surface area contributed by atoms with E-state index >= 15 is 0 Å². The van der Waals surface area contributed by atoms with Crippen LogP contribution in [0.2, 0.25) is 0 Å². The van der Waals surface area contributed by atoms with Gasteiger partial charge in [-0.25, -0.2) is 14.2 Å². The van der Waals surface area contributed by atoms with Crippen LogP contribution in [0.4, 0.5) is 14.9 Å². The fourth-order valence-electron chi connectivity index (χ4n) is 2.77. The smallest absolute Gasteiger partial charge is 0.321 e. The molecule has 3 rings (SSSR count). The lowest BCUT2D eigenvalue weighted by molar-refractivity contribution is 0.177. The molecule has 5 nitrogen and oxygen atoms in total. The molecule has 2 heterocycles. The van der Waals surface area contributed by atoms with Crippen molar-refractivity contribution in [2.24, 2.45) is 5.92 Å². The highest BCUT2D eigenvalue weighted by atomic mass is 19.1. The fraction of sp³-hybridized carbons (Fsp3) is 0.375. The molecule has 0 saturated carbocycles. The Bertz CT molecular complexity index is 621. The first-order valence-electron chi connectivity index (χ1n) is 7.48. The second-order valence-electron chi connectivity index (χ2n) is 5.60. The number of benzene rings is 1. The first-order valence-corrected chi connectivity index (χ1v) is 7.48. The Morgan fingerprint density at radius 3 is 2.77 bits per heavy atom. The summed E-state index contributed by atoms with van der Waals surface area (Å²) in [4.78, 5) is 18.0. The van der Waals surface area contributed by atoms with Gasteiger partial charge in [-0.1, -0.05) is 12.1 Å². The van der Waals surface area contributed by atoms with Crippen LogP contribution in [0.25, 0.3) is 0 Å². The number of likely N-dealkylation sites (tertiary alicyclic amines) is 1. The van der Waals surface area contributed by atoms with Gasteiger partial charge in [0.05, 0.1) is 12.0 Å². The third-order valence-corrected chi connectivity index (χ3v) is 4.05. The van der Waals surface area contributed by atoms with Crippen molar-refractivity contribution in [2.45, 2.75) is 19.4 Å². The number of amides is 2. The van der Waals surface area contributed by atoms with Gasteiger partial charge in [-0.05, 0) is 30.9 Å². The quantitative estimate of drug-likeness (QED) is 0.947. The number of halogens is 1. The van der Waals surface area contributed by atoms with E-state index in [0.717, 1.165) is 19.4 Å². The summed E-state index contributed by atoms with van der Waals surface area (Å²) < 4.78 is 15.6. The number of para-hydroxylation sites is 1. The molecule has 0 atom stereocenters. The number of hydrogen-bond donors (Lipinski definition) is 1. The molecule has 6 heteroatoms. The van der Waals surface area contributed by atoms with Crippen molar-refractivity contribution in [3.8, 4) is 0 Å². The Kier molecular flexibility index (Phi) is 4.37. The number of anilines is 1. The average Bonchev–Trinajstić information content (AvgIpc) is 3.03. The number of hydrogen-bond acceptors (Lipinski definition) is 2. The van der Waals surface area contributed by atoms with Gasteiger partial charge in [0.15, 0.2) is 0 Å². The monoisotopic (exact) mass is 302 g/mol. The number of piperidine rings is 1. The zero-order valence-corrected chi connectivity index (χ0v) is 12.3. The molecule has 0 unspecified atom stereocenters. The third-order valence-electron chi connectivity index (χ3n) is 4.05. The summed E-state index contributed by atoms with van der Waals surface area (Å²) in [6.45, 7) is 2.32. The van der Waals surface area contributed by atoms with Gasteiger partial charge in [-0.2, -0.15) is 0 Å². The van der Waals surface area contributed by atoms with Crippen molar-refractivity contribution < 1.29 is 9.18 Å². The van der Waals surface area contributed by atoms with Crippen LogP contribution >= 0.6 is 0 Å².